The van der Waals surface area contributed by atoms with Crippen LogP contribution in [0.4, 0.5) is 5.82 Å². The molecule has 1 saturated carbocycles. The minimum absolute atomic E-state index is 0.146. The van der Waals surface area contributed by atoms with E-state index in [0.717, 1.165) is 40.9 Å². The van der Waals surface area contributed by atoms with Crippen LogP contribution in [-0.4, -0.2) is 27.8 Å². The lowest BCUT2D eigenvalue weighted by molar-refractivity contribution is 0.102. The summed E-state index contributed by atoms with van der Waals surface area (Å²) < 4.78 is 7.23. The summed E-state index contributed by atoms with van der Waals surface area (Å²) in [5.74, 6) is 1.39. The Morgan fingerprint density at radius 3 is 2.88 bits per heavy atom. The number of fused-ring (bicyclic) bond motifs is 1. The Bertz CT molecular complexity index is 919. The number of carbonyl (C=O) groups is 1. The van der Waals surface area contributed by atoms with Crippen LogP contribution in [0.1, 0.15) is 47.8 Å². The van der Waals surface area contributed by atoms with Gasteiger partial charge in [-0.05, 0) is 43.5 Å². The maximum absolute atomic E-state index is 12.8. The summed E-state index contributed by atoms with van der Waals surface area (Å²) in [5, 5.41) is 8.42. The molecular formula is C19H22N4O2. The van der Waals surface area contributed by atoms with Gasteiger partial charge in [-0.2, -0.15) is 5.10 Å². The largest absolute Gasteiger partial charge is 0.497 e. The van der Waals surface area contributed by atoms with Gasteiger partial charge in [0.15, 0.2) is 0 Å². The number of nitrogens with zero attached hydrogens (tertiary/aromatic N) is 2. The molecule has 130 valence electrons. The molecule has 2 heterocycles. The van der Waals surface area contributed by atoms with Gasteiger partial charge in [0.05, 0.1) is 19.3 Å². The zero-order chi connectivity index (χ0) is 17.4. The van der Waals surface area contributed by atoms with Gasteiger partial charge >= 0.3 is 0 Å². The number of nitrogens with one attached hydrogen (secondary N) is 2. The average Bonchev–Trinajstić information content (AvgIpc) is 3.35. The summed E-state index contributed by atoms with van der Waals surface area (Å²) in [6.07, 6.45) is 6.43. The molecule has 1 aliphatic rings. The first kappa shape index (κ1) is 15.7. The van der Waals surface area contributed by atoms with E-state index < -0.39 is 0 Å². The van der Waals surface area contributed by atoms with Crippen molar-refractivity contribution in [2.24, 2.45) is 0 Å². The molecule has 0 saturated heterocycles. The molecule has 0 bridgehead atoms. The molecule has 1 aliphatic carbocycles. The third-order valence-electron chi connectivity index (χ3n) is 5.07. The molecular weight excluding hydrogens is 316 g/mol. The number of aryl methyl sites for hydroxylation is 1. The van der Waals surface area contributed by atoms with Gasteiger partial charge < -0.3 is 15.0 Å². The molecule has 0 aliphatic heterocycles. The van der Waals surface area contributed by atoms with Gasteiger partial charge in [-0.1, -0.05) is 12.8 Å². The first-order valence-electron chi connectivity index (χ1n) is 8.68. The van der Waals surface area contributed by atoms with Gasteiger partial charge in [-0.3, -0.25) is 4.79 Å². The maximum Gasteiger partial charge on any atom is 0.273 e. The molecule has 0 spiro atoms. The molecule has 1 aromatic carbocycles. The predicted molar refractivity (Wildman–Crippen MR) is 97.3 cm³/mol. The summed E-state index contributed by atoms with van der Waals surface area (Å²) in [7, 11) is 1.64. The van der Waals surface area contributed by atoms with E-state index in [1.165, 1.54) is 12.8 Å². The van der Waals surface area contributed by atoms with Crippen LogP contribution in [0.15, 0.2) is 30.5 Å². The average molecular weight is 338 g/mol. The van der Waals surface area contributed by atoms with E-state index in [0.29, 0.717) is 11.7 Å². The molecule has 2 aromatic heterocycles. The Morgan fingerprint density at radius 2 is 2.12 bits per heavy atom. The summed E-state index contributed by atoms with van der Waals surface area (Å²) in [6, 6.07) is 8.01. The minimum Gasteiger partial charge on any atom is -0.497 e. The van der Waals surface area contributed by atoms with Crippen molar-refractivity contribution < 1.29 is 9.53 Å². The molecule has 1 amide bonds. The molecule has 1 fully saturated rings. The number of anilines is 1. The van der Waals surface area contributed by atoms with Crippen LogP contribution in [0.5, 0.6) is 5.75 Å². The first-order chi connectivity index (χ1) is 12.2. The van der Waals surface area contributed by atoms with E-state index in [9.17, 15) is 4.79 Å². The van der Waals surface area contributed by atoms with Crippen molar-refractivity contribution in [3.63, 3.8) is 0 Å². The summed E-state index contributed by atoms with van der Waals surface area (Å²) >= 11 is 0. The van der Waals surface area contributed by atoms with Gasteiger partial charge in [0.1, 0.15) is 17.3 Å². The lowest BCUT2D eigenvalue weighted by Crippen LogP contribution is -2.18. The van der Waals surface area contributed by atoms with Gasteiger partial charge in [0, 0.05) is 17.0 Å². The second kappa shape index (κ2) is 6.27. The fourth-order valence-electron chi connectivity index (χ4n) is 3.69. The van der Waals surface area contributed by atoms with E-state index in [1.807, 2.05) is 35.9 Å². The van der Waals surface area contributed by atoms with Crippen LogP contribution in [0.25, 0.3) is 10.9 Å². The number of aromatic nitrogens is 3. The zero-order valence-electron chi connectivity index (χ0n) is 14.5. The molecule has 25 heavy (non-hydrogen) atoms. The van der Waals surface area contributed by atoms with Crippen molar-refractivity contribution in [3.05, 3.63) is 41.7 Å². The topological polar surface area (TPSA) is 71.9 Å². The van der Waals surface area contributed by atoms with Crippen molar-refractivity contribution >= 4 is 22.6 Å². The molecule has 6 heteroatoms. The van der Waals surface area contributed by atoms with Crippen molar-refractivity contribution in [2.75, 3.05) is 12.4 Å². The van der Waals surface area contributed by atoms with Crippen LogP contribution >= 0.6 is 0 Å². The van der Waals surface area contributed by atoms with E-state index in [-0.39, 0.29) is 5.91 Å². The fourth-order valence-corrected chi connectivity index (χ4v) is 3.69. The molecule has 6 nitrogen and oxygen atoms in total. The highest BCUT2D eigenvalue weighted by atomic mass is 16.5. The van der Waals surface area contributed by atoms with Crippen molar-refractivity contribution in [3.8, 4) is 5.75 Å². The number of carbonyl (C=O) groups excluding carboxylic acids is 1. The highest BCUT2D eigenvalue weighted by Gasteiger charge is 2.22. The third-order valence-corrected chi connectivity index (χ3v) is 5.07. The second-order valence-electron chi connectivity index (χ2n) is 6.59. The smallest absolute Gasteiger partial charge is 0.273 e. The number of hydrogen-bond donors (Lipinski definition) is 2. The lowest BCUT2D eigenvalue weighted by atomic mass is 10.1. The van der Waals surface area contributed by atoms with E-state index in [2.05, 4.69) is 15.4 Å². The second-order valence-corrected chi connectivity index (χ2v) is 6.59. The third kappa shape index (κ3) is 2.77. The number of ether oxygens (including phenoxy) is 1. The maximum atomic E-state index is 12.8. The van der Waals surface area contributed by atoms with Crippen LogP contribution < -0.4 is 10.1 Å². The number of hydrogen-bond acceptors (Lipinski definition) is 3. The Labute approximate surface area is 146 Å². The van der Waals surface area contributed by atoms with Crippen LogP contribution in [0, 0.1) is 6.92 Å². The summed E-state index contributed by atoms with van der Waals surface area (Å²) in [6.45, 7) is 1.95. The Hall–Kier alpha value is -2.76. The van der Waals surface area contributed by atoms with Gasteiger partial charge in [0.25, 0.3) is 5.91 Å². The van der Waals surface area contributed by atoms with Crippen LogP contribution in [0.3, 0.4) is 0 Å². The van der Waals surface area contributed by atoms with Crippen molar-refractivity contribution in [1.29, 1.82) is 0 Å². The Kier molecular flexibility index (Phi) is 3.95. The number of amides is 1. The Morgan fingerprint density at radius 1 is 1.32 bits per heavy atom. The quantitative estimate of drug-likeness (QED) is 0.754. The minimum atomic E-state index is -0.146. The Balaban J connectivity index is 1.62. The number of rotatable bonds is 4. The van der Waals surface area contributed by atoms with Crippen molar-refractivity contribution in [2.45, 2.75) is 38.6 Å². The monoisotopic (exact) mass is 338 g/mol. The molecule has 3 aromatic rings. The van der Waals surface area contributed by atoms with E-state index in [1.54, 1.807) is 13.3 Å². The van der Waals surface area contributed by atoms with Crippen LogP contribution in [-0.2, 0) is 0 Å². The summed E-state index contributed by atoms with van der Waals surface area (Å²) in [4.78, 5) is 16.0. The number of methoxy groups -OCH3 is 1. The molecule has 4 rings (SSSR count). The highest BCUT2D eigenvalue weighted by molar-refractivity contribution is 6.07. The van der Waals surface area contributed by atoms with Gasteiger partial charge in [-0.15, -0.1) is 0 Å². The molecule has 0 radical (unpaired) electrons. The lowest BCUT2D eigenvalue weighted by Gasteiger charge is -2.14. The zero-order valence-corrected chi connectivity index (χ0v) is 14.5. The predicted octanol–water partition coefficient (Wildman–Crippen LogP) is 4.05. The van der Waals surface area contributed by atoms with Gasteiger partial charge in [-0.25, -0.2) is 4.68 Å². The first-order valence-corrected chi connectivity index (χ1v) is 8.68. The van der Waals surface area contributed by atoms with E-state index in [4.69, 9.17) is 4.74 Å². The standard InChI is InChI=1S/C19H22N4O2/c1-12-15-11-14(25-2)7-8-16(15)21-18(12)19(24)22-17-9-10-20-23(17)13-5-3-4-6-13/h7-11,13,21H,3-6H2,1-2H3,(H,22,24). The molecule has 0 atom stereocenters. The number of H-pyrrole nitrogens is 1. The molecule has 2 N–H and O–H groups in total. The SMILES string of the molecule is COc1ccc2[nH]c(C(=O)Nc3ccnn3C3CCCC3)c(C)c2c1. The van der Waals surface area contributed by atoms with E-state index >= 15 is 0 Å². The van der Waals surface area contributed by atoms with Gasteiger partial charge in [0.2, 0.25) is 0 Å². The van der Waals surface area contributed by atoms with Crippen molar-refractivity contribution in [1.82, 2.24) is 14.8 Å². The normalized spacial score (nSPS) is 15.0. The fraction of sp³-hybridized carbons (Fsp3) is 0.368. The van der Waals surface area contributed by atoms with Crippen LogP contribution in [0.2, 0.25) is 0 Å². The molecule has 0 unspecified atom stereocenters. The highest BCUT2D eigenvalue weighted by Crippen LogP contribution is 2.31. The number of aromatic amines is 1. The number of benzene rings is 1. The summed E-state index contributed by atoms with van der Waals surface area (Å²) in [5.41, 5.74) is 2.41.